The molecule has 0 saturated carbocycles. The lowest BCUT2D eigenvalue weighted by Crippen LogP contribution is -2.05. The van der Waals surface area contributed by atoms with Crippen molar-refractivity contribution in [2.75, 3.05) is 5.32 Å². The number of H-pyrrole nitrogens is 1. The second kappa shape index (κ2) is 5.90. The van der Waals surface area contributed by atoms with Gasteiger partial charge in [-0.05, 0) is 23.9 Å². The topological polar surface area (TPSA) is 110 Å². The van der Waals surface area contributed by atoms with Crippen LogP contribution in [0.1, 0.15) is 11.4 Å². The maximum atomic E-state index is 10.7. The van der Waals surface area contributed by atoms with Crippen LogP contribution in [-0.2, 0) is 6.54 Å². The summed E-state index contributed by atoms with van der Waals surface area (Å²) < 4.78 is 0. The van der Waals surface area contributed by atoms with Gasteiger partial charge in [0.2, 0.25) is 0 Å². The number of rotatable bonds is 5. The monoisotopic (exact) mass is 316 g/mol. The molecule has 22 heavy (non-hydrogen) atoms. The fourth-order valence-corrected chi connectivity index (χ4v) is 2.56. The summed E-state index contributed by atoms with van der Waals surface area (Å²) in [4.78, 5) is 19.7. The first-order valence-corrected chi connectivity index (χ1v) is 7.31. The largest absolute Gasteiger partial charge is 0.363 e. The van der Waals surface area contributed by atoms with Gasteiger partial charge in [0.05, 0.1) is 16.3 Å². The van der Waals surface area contributed by atoms with Gasteiger partial charge in [0.15, 0.2) is 5.82 Å². The highest BCUT2D eigenvalue weighted by Crippen LogP contribution is 2.21. The van der Waals surface area contributed by atoms with Gasteiger partial charge >= 0.3 is 0 Å². The Labute approximate surface area is 129 Å². The first kappa shape index (κ1) is 14.1. The van der Waals surface area contributed by atoms with Crippen LogP contribution < -0.4 is 5.32 Å². The molecule has 112 valence electrons. The SMILES string of the molecule is Cc1cc([N+](=O)[O-])cnc1NCc1nc(-c2cccs2)n[nH]1. The normalized spacial score (nSPS) is 10.6. The van der Waals surface area contributed by atoms with Gasteiger partial charge in [-0.15, -0.1) is 11.3 Å². The van der Waals surface area contributed by atoms with E-state index in [9.17, 15) is 10.1 Å². The number of nitrogens with zero attached hydrogens (tertiary/aromatic N) is 4. The molecule has 0 aliphatic heterocycles. The number of pyridine rings is 1. The minimum absolute atomic E-state index is 0.0253. The molecule has 0 bridgehead atoms. The Morgan fingerprint density at radius 1 is 1.50 bits per heavy atom. The van der Waals surface area contributed by atoms with E-state index in [0.717, 1.165) is 4.88 Å². The summed E-state index contributed by atoms with van der Waals surface area (Å²) in [6.45, 7) is 2.17. The number of aromatic nitrogens is 4. The fraction of sp³-hybridized carbons (Fsp3) is 0.154. The number of nitrogens with one attached hydrogen (secondary N) is 2. The highest BCUT2D eigenvalue weighted by Gasteiger charge is 2.10. The van der Waals surface area contributed by atoms with Crippen molar-refractivity contribution in [1.29, 1.82) is 0 Å². The van der Waals surface area contributed by atoms with Crippen molar-refractivity contribution >= 4 is 22.8 Å². The predicted octanol–water partition coefficient (Wildman–Crippen LogP) is 2.76. The second-order valence-corrected chi connectivity index (χ2v) is 5.50. The van der Waals surface area contributed by atoms with E-state index in [1.54, 1.807) is 18.3 Å². The number of hydrogen-bond donors (Lipinski definition) is 2. The third kappa shape index (κ3) is 2.93. The molecule has 3 heterocycles. The maximum Gasteiger partial charge on any atom is 0.287 e. The standard InChI is InChI=1S/C13H12N6O2S/c1-8-5-9(19(20)21)6-14-12(8)15-7-11-16-13(18-17-11)10-3-2-4-22-10/h2-6H,7H2,1H3,(H,14,15)(H,16,17,18). The molecule has 0 spiro atoms. The molecular weight excluding hydrogens is 304 g/mol. The highest BCUT2D eigenvalue weighted by atomic mass is 32.1. The number of aromatic amines is 1. The van der Waals surface area contributed by atoms with Crippen LogP contribution in [0.3, 0.4) is 0 Å². The van der Waals surface area contributed by atoms with E-state index in [2.05, 4.69) is 25.5 Å². The van der Waals surface area contributed by atoms with Crippen LogP contribution in [0.5, 0.6) is 0 Å². The Hall–Kier alpha value is -2.81. The lowest BCUT2D eigenvalue weighted by Gasteiger charge is -2.06. The summed E-state index contributed by atoms with van der Waals surface area (Å²) in [6.07, 6.45) is 1.23. The van der Waals surface area contributed by atoms with Crippen LogP contribution in [0.2, 0.25) is 0 Å². The molecule has 0 saturated heterocycles. The van der Waals surface area contributed by atoms with Gasteiger partial charge in [-0.3, -0.25) is 15.2 Å². The van der Waals surface area contributed by atoms with Crippen LogP contribution in [0.15, 0.2) is 29.8 Å². The van der Waals surface area contributed by atoms with E-state index in [4.69, 9.17) is 0 Å². The predicted molar refractivity (Wildman–Crippen MR) is 82.7 cm³/mol. The van der Waals surface area contributed by atoms with Crippen LogP contribution in [0, 0.1) is 17.0 Å². The van der Waals surface area contributed by atoms with Crippen molar-refractivity contribution in [3.8, 4) is 10.7 Å². The number of aryl methyl sites for hydroxylation is 1. The van der Waals surface area contributed by atoms with E-state index in [1.807, 2.05) is 17.5 Å². The van der Waals surface area contributed by atoms with Gasteiger partial charge in [0, 0.05) is 6.07 Å². The number of hydrogen-bond acceptors (Lipinski definition) is 7. The van der Waals surface area contributed by atoms with Crippen molar-refractivity contribution in [2.45, 2.75) is 13.5 Å². The van der Waals surface area contributed by atoms with Crippen LogP contribution in [-0.4, -0.2) is 25.1 Å². The van der Waals surface area contributed by atoms with Crippen molar-refractivity contribution in [3.05, 3.63) is 51.3 Å². The number of thiophene rings is 1. The minimum Gasteiger partial charge on any atom is -0.363 e. The lowest BCUT2D eigenvalue weighted by atomic mass is 10.2. The van der Waals surface area contributed by atoms with Crippen LogP contribution in [0.4, 0.5) is 11.5 Å². The van der Waals surface area contributed by atoms with Gasteiger partial charge in [0.25, 0.3) is 5.69 Å². The molecule has 0 fully saturated rings. The van der Waals surface area contributed by atoms with Crippen molar-refractivity contribution < 1.29 is 4.92 Å². The average molecular weight is 316 g/mol. The maximum absolute atomic E-state index is 10.7. The Kier molecular flexibility index (Phi) is 3.79. The zero-order valence-electron chi connectivity index (χ0n) is 11.6. The molecule has 3 rings (SSSR count). The molecule has 2 N–H and O–H groups in total. The highest BCUT2D eigenvalue weighted by molar-refractivity contribution is 7.13. The molecule has 0 unspecified atom stereocenters. The molecule has 9 heteroatoms. The molecule has 0 aliphatic carbocycles. The van der Waals surface area contributed by atoms with Crippen molar-refractivity contribution in [2.24, 2.45) is 0 Å². The summed E-state index contributed by atoms with van der Waals surface area (Å²) >= 11 is 1.57. The van der Waals surface area contributed by atoms with Gasteiger partial charge < -0.3 is 5.32 Å². The molecular formula is C13H12N6O2S. The van der Waals surface area contributed by atoms with Gasteiger partial charge in [-0.25, -0.2) is 9.97 Å². The quantitative estimate of drug-likeness (QED) is 0.553. The first-order chi connectivity index (χ1) is 10.6. The first-order valence-electron chi connectivity index (χ1n) is 6.43. The Morgan fingerprint density at radius 3 is 3.05 bits per heavy atom. The molecule has 3 aromatic heterocycles. The van der Waals surface area contributed by atoms with Gasteiger partial charge in [-0.1, -0.05) is 6.07 Å². The lowest BCUT2D eigenvalue weighted by molar-refractivity contribution is -0.385. The summed E-state index contributed by atoms with van der Waals surface area (Å²) in [5.74, 6) is 1.91. The van der Waals surface area contributed by atoms with E-state index >= 15 is 0 Å². The van der Waals surface area contributed by atoms with Crippen molar-refractivity contribution in [3.63, 3.8) is 0 Å². The van der Waals surface area contributed by atoms with Gasteiger partial charge in [-0.2, -0.15) is 5.10 Å². The summed E-state index contributed by atoms with van der Waals surface area (Å²) in [7, 11) is 0. The number of anilines is 1. The van der Waals surface area contributed by atoms with Crippen LogP contribution in [0.25, 0.3) is 10.7 Å². The van der Waals surface area contributed by atoms with E-state index in [1.165, 1.54) is 12.3 Å². The Bertz CT molecular complexity index is 799. The Morgan fingerprint density at radius 2 is 2.36 bits per heavy atom. The zero-order chi connectivity index (χ0) is 15.5. The molecule has 0 aliphatic rings. The zero-order valence-corrected chi connectivity index (χ0v) is 12.4. The molecule has 8 nitrogen and oxygen atoms in total. The fourth-order valence-electron chi connectivity index (χ4n) is 1.90. The van der Waals surface area contributed by atoms with Crippen molar-refractivity contribution in [1.82, 2.24) is 20.2 Å². The van der Waals surface area contributed by atoms with Gasteiger partial charge in [0.1, 0.15) is 17.8 Å². The second-order valence-electron chi connectivity index (χ2n) is 4.55. The minimum atomic E-state index is -0.465. The van der Waals surface area contributed by atoms with E-state index < -0.39 is 4.92 Å². The molecule has 0 radical (unpaired) electrons. The summed E-state index contributed by atoms with van der Waals surface area (Å²) in [5, 5.41) is 22.8. The summed E-state index contributed by atoms with van der Waals surface area (Å²) in [6, 6.07) is 5.37. The van der Waals surface area contributed by atoms with E-state index in [-0.39, 0.29) is 5.69 Å². The van der Waals surface area contributed by atoms with E-state index in [0.29, 0.717) is 29.6 Å². The smallest absolute Gasteiger partial charge is 0.287 e. The third-order valence-corrected chi connectivity index (χ3v) is 3.84. The molecule has 0 aromatic carbocycles. The molecule has 0 amide bonds. The number of nitro groups is 1. The summed E-state index contributed by atoms with van der Waals surface area (Å²) in [5.41, 5.74) is 0.676. The molecule has 0 atom stereocenters. The molecule has 3 aromatic rings. The average Bonchev–Trinajstić information content (AvgIpc) is 3.16. The third-order valence-electron chi connectivity index (χ3n) is 2.97. The Balaban J connectivity index is 1.69. The van der Waals surface area contributed by atoms with Crippen LogP contribution >= 0.6 is 11.3 Å².